The molecule has 0 radical (unpaired) electrons. The van der Waals surface area contributed by atoms with Crippen LogP contribution >= 0.6 is 11.3 Å². The van der Waals surface area contributed by atoms with Gasteiger partial charge in [-0.15, -0.1) is 11.3 Å². The van der Waals surface area contributed by atoms with Crippen molar-refractivity contribution in [2.75, 3.05) is 39.8 Å². The fourth-order valence-corrected chi connectivity index (χ4v) is 4.16. The summed E-state index contributed by atoms with van der Waals surface area (Å²) in [4.78, 5) is 12.6. The van der Waals surface area contributed by atoms with Crippen LogP contribution in [0, 0.1) is 6.92 Å². The fraction of sp³-hybridized carbons (Fsp3) is 0.500. The van der Waals surface area contributed by atoms with Gasteiger partial charge in [-0.25, -0.2) is 4.98 Å². The molecule has 0 amide bonds. The van der Waals surface area contributed by atoms with Gasteiger partial charge in [0.15, 0.2) is 11.7 Å². The lowest BCUT2D eigenvalue weighted by atomic mass is 10.1. The predicted molar refractivity (Wildman–Crippen MR) is 110 cm³/mol. The topological polar surface area (TPSA) is 43.8 Å². The molecule has 0 spiro atoms. The van der Waals surface area contributed by atoms with Gasteiger partial charge in [0, 0.05) is 58.1 Å². The number of alkyl halides is 3. The third-order valence-corrected chi connectivity index (χ3v) is 5.75. The molecule has 1 aromatic heterocycles. The number of halogens is 3. The Balaban J connectivity index is 1.43. The SMILES string of the molecule is CN=C(NCCc1nc(C(F)(F)F)cs1)N1CCN(Cc2cccc(C)c2)CC1. The smallest absolute Gasteiger partial charge is 0.356 e. The summed E-state index contributed by atoms with van der Waals surface area (Å²) in [5.74, 6) is 0.785. The third kappa shape index (κ3) is 6.17. The Hall–Kier alpha value is -2.13. The molecule has 1 aliphatic rings. The molecule has 0 bridgehead atoms. The van der Waals surface area contributed by atoms with Crippen molar-refractivity contribution in [3.8, 4) is 0 Å². The second-order valence-corrected chi connectivity index (χ2v) is 8.04. The van der Waals surface area contributed by atoms with Crippen LogP contribution in [0.25, 0.3) is 0 Å². The molecule has 1 fully saturated rings. The zero-order chi connectivity index (χ0) is 20.9. The lowest BCUT2D eigenvalue weighted by Crippen LogP contribution is -2.52. The van der Waals surface area contributed by atoms with E-state index >= 15 is 0 Å². The highest BCUT2D eigenvalue weighted by Crippen LogP contribution is 2.30. The Kier molecular flexibility index (Phi) is 7.13. The van der Waals surface area contributed by atoms with Gasteiger partial charge in [-0.2, -0.15) is 13.2 Å². The van der Waals surface area contributed by atoms with Gasteiger partial charge in [-0.1, -0.05) is 29.8 Å². The normalized spacial score (nSPS) is 16.3. The number of rotatable bonds is 5. The lowest BCUT2D eigenvalue weighted by Gasteiger charge is -2.36. The van der Waals surface area contributed by atoms with Crippen LogP contribution in [0.1, 0.15) is 21.8 Å². The lowest BCUT2D eigenvalue weighted by molar-refractivity contribution is -0.140. The van der Waals surface area contributed by atoms with Crippen molar-refractivity contribution in [1.29, 1.82) is 0 Å². The summed E-state index contributed by atoms with van der Waals surface area (Å²) in [6.07, 6.45) is -3.94. The highest BCUT2D eigenvalue weighted by atomic mass is 32.1. The number of hydrogen-bond acceptors (Lipinski definition) is 4. The Morgan fingerprint density at radius 2 is 2.00 bits per heavy atom. The van der Waals surface area contributed by atoms with Crippen molar-refractivity contribution in [3.05, 3.63) is 51.5 Å². The van der Waals surface area contributed by atoms with Gasteiger partial charge in [-0.3, -0.25) is 9.89 Å². The molecular weight excluding hydrogens is 399 g/mol. The largest absolute Gasteiger partial charge is 0.434 e. The molecule has 0 atom stereocenters. The molecule has 29 heavy (non-hydrogen) atoms. The number of thiazole rings is 1. The zero-order valence-corrected chi connectivity index (χ0v) is 17.5. The molecule has 1 aliphatic heterocycles. The summed E-state index contributed by atoms with van der Waals surface area (Å²) in [7, 11) is 1.73. The number of guanidine groups is 1. The Morgan fingerprint density at radius 3 is 2.62 bits per heavy atom. The quantitative estimate of drug-likeness (QED) is 0.589. The highest BCUT2D eigenvalue weighted by Gasteiger charge is 2.33. The highest BCUT2D eigenvalue weighted by molar-refractivity contribution is 7.09. The molecule has 0 saturated carbocycles. The summed E-state index contributed by atoms with van der Waals surface area (Å²) in [6.45, 7) is 7.15. The molecular formula is C20H26F3N5S. The second-order valence-electron chi connectivity index (χ2n) is 7.10. The van der Waals surface area contributed by atoms with Crippen LogP contribution in [0.3, 0.4) is 0 Å². The molecule has 3 rings (SSSR count). The number of benzene rings is 1. The standard InChI is InChI=1S/C20H26F3N5S/c1-15-4-3-5-16(12-15)13-27-8-10-28(11-9-27)19(24-2)25-7-6-18-26-17(14-29-18)20(21,22)23/h3-5,12,14H,6-11,13H2,1-2H3,(H,24,25). The predicted octanol–water partition coefficient (Wildman–Crippen LogP) is 3.41. The van der Waals surface area contributed by atoms with Crippen molar-refractivity contribution in [2.45, 2.75) is 26.1 Å². The maximum absolute atomic E-state index is 12.6. The van der Waals surface area contributed by atoms with Crippen LogP contribution in [0.5, 0.6) is 0 Å². The summed E-state index contributed by atoms with van der Waals surface area (Å²) < 4.78 is 37.9. The molecule has 2 heterocycles. The summed E-state index contributed by atoms with van der Waals surface area (Å²) in [5.41, 5.74) is 1.78. The van der Waals surface area contributed by atoms with E-state index in [1.54, 1.807) is 7.05 Å². The van der Waals surface area contributed by atoms with Crippen LogP contribution in [0.15, 0.2) is 34.6 Å². The first-order valence-electron chi connectivity index (χ1n) is 9.60. The van der Waals surface area contributed by atoms with E-state index in [4.69, 9.17) is 0 Å². The van der Waals surface area contributed by atoms with E-state index < -0.39 is 11.9 Å². The molecule has 5 nitrogen and oxygen atoms in total. The number of aromatic nitrogens is 1. The monoisotopic (exact) mass is 425 g/mol. The molecule has 0 unspecified atom stereocenters. The van der Waals surface area contributed by atoms with Crippen LogP contribution in [0.2, 0.25) is 0 Å². The number of hydrogen-bond donors (Lipinski definition) is 1. The van der Waals surface area contributed by atoms with Gasteiger partial charge in [0.25, 0.3) is 0 Å². The molecule has 9 heteroatoms. The van der Waals surface area contributed by atoms with Crippen molar-refractivity contribution in [3.63, 3.8) is 0 Å². The van der Waals surface area contributed by atoms with Crippen LogP contribution in [-0.2, 0) is 19.1 Å². The third-order valence-electron chi connectivity index (χ3n) is 4.84. The Morgan fingerprint density at radius 1 is 1.24 bits per heavy atom. The minimum Gasteiger partial charge on any atom is -0.356 e. The molecule has 1 N–H and O–H groups in total. The average molecular weight is 426 g/mol. The van der Waals surface area contributed by atoms with E-state index in [1.807, 2.05) is 0 Å². The van der Waals surface area contributed by atoms with Gasteiger partial charge in [-0.05, 0) is 12.5 Å². The summed E-state index contributed by atoms with van der Waals surface area (Å²) in [5, 5.41) is 4.79. The first-order valence-corrected chi connectivity index (χ1v) is 10.5. The number of piperazine rings is 1. The van der Waals surface area contributed by atoms with Gasteiger partial charge < -0.3 is 10.2 Å². The van der Waals surface area contributed by atoms with Crippen molar-refractivity contribution < 1.29 is 13.2 Å². The number of aryl methyl sites for hydroxylation is 1. The molecule has 1 aromatic carbocycles. The minimum absolute atomic E-state index is 0.438. The van der Waals surface area contributed by atoms with Crippen LogP contribution < -0.4 is 5.32 Å². The minimum atomic E-state index is -4.38. The van der Waals surface area contributed by atoms with E-state index in [9.17, 15) is 13.2 Å². The number of aliphatic imine (C=N–C) groups is 1. The van der Waals surface area contributed by atoms with Gasteiger partial charge in [0.1, 0.15) is 0 Å². The summed E-state index contributed by atoms with van der Waals surface area (Å²) in [6, 6.07) is 8.57. The van der Waals surface area contributed by atoms with E-state index in [1.165, 1.54) is 11.1 Å². The molecule has 158 valence electrons. The first kappa shape index (κ1) is 21.6. The van der Waals surface area contributed by atoms with Gasteiger partial charge in [0.2, 0.25) is 0 Å². The van der Waals surface area contributed by atoms with Crippen molar-refractivity contribution in [2.24, 2.45) is 4.99 Å². The fourth-order valence-electron chi connectivity index (χ4n) is 3.36. The van der Waals surface area contributed by atoms with E-state index in [-0.39, 0.29) is 0 Å². The summed E-state index contributed by atoms with van der Waals surface area (Å²) >= 11 is 1.04. The molecule has 2 aromatic rings. The van der Waals surface area contributed by atoms with E-state index in [0.29, 0.717) is 18.0 Å². The van der Waals surface area contributed by atoms with Crippen LogP contribution in [-0.4, -0.2) is 60.5 Å². The van der Waals surface area contributed by atoms with Gasteiger partial charge >= 0.3 is 6.18 Å². The number of nitrogens with zero attached hydrogens (tertiary/aromatic N) is 4. The van der Waals surface area contributed by atoms with E-state index in [2.05, 4.69) is 56.3 Å². The molecule has 0 aliphatic carbocycles. The second kappa shape index (κ2) is 9.58. The first-order chi connectivity index (χ1) is 13.8. The average Bonchev–Trinajstić information content (AvgIpc) is 3.16. The maximum atomic E-state index is 12.6. The Bertz CT molecular complexity index is 826. The van der Waals surface area contributed by atoms with Crippen LogP contribution in [0.4, 0.5) is 13.2 Å². The van der Waals surface area contributed by atoms with Gasteiger partial charge in [0.05, 0.1) is 5.01 Å². The maximum Gasteiger partial charge on any atom is 0.434 e. The van der Waals surface area contributed by atoms with E-state index in [0.717, 1.165) is 55.4 Å². The van der Waals surface area contributed by atoms with Crippen molar-refractivity contribution in [1.82, 2.24) is 20.1 Å². The number of nitrogens with one attached hydrogen (secondary N) is 1. The Labute approximate surface area is 173 Å². The molecule has 1 saturated heterocycles. The van der Waals surface area contributed by atoms with Crippen molar-refractivity contribution >= 4 is 17.3 Å². The zero-order valence-electron chi connectivity index (χ0n) is 16.7.